The first-order valence-corrected chi connectivity index (χ1v) is 6.64. The number of anilines is 1. The van der Waals surface area contributed by atoms with Gasteiger partial charge in [-0.25, -0.2) is 0 Å². The quantitative estimate of drug-likeness (QED) is 0.679. The zero-order valence-electron chi connectivity index (χ0n) is 10.8. The van der Waals surface area contributed by atoms with E-state index >= 15 is 0 Å². The zero-order valence-corrected chi connectivity index (χ0v) is 11.6. The molecule has 6 heteroatoms. The van der Waals surface area contributed by atoms with E-state index in [-0.39, 0.29) is 11.1 Å². The Labute approximate surface area is 117 Å². The van der Waals surface area contributed by atoms with Crippen LogP contribution in [-0.4, -0.2) is 24.7 Å². The summed E-state index contributed by atoms with van der Waals surface area (Å²) in [5.74, 6) is 0. The van der Waals surface area contributed by atoms with Crippen molar-refractivity contribution in [1.29, 1.82) is 0 Å². The molecule has 1 aromatic carbocycles. The van der Waals surface area contributed by atoms with Gasteiger partial charge in [-0.3, -0.25) is 10.1 Å². The van der Waals surface area contributed by atoms with Gasteiger partial charge in [-0.15, -0.1) is 0 Å². The van der Waals surface area contributed by atoms with Crippen LogP contribution in [0.2, 0.25) is 5.02 Å². The standard InChI is InChI=1S/C13H17ClN2O3/c1-13(4-6-19-7-5-13)9-15-11-3-2-10(14)8-12(11)16(17)18/h2-3,8,15H,4-7,9H2,1H3. The third kappa shape index (κ3) is 3.58. The maximum Gasteiger partial charge on any atom is 0.293 e. The number of nitrogens with one attached hydrogen (secondary N) is 1. The minimum absolute atomic E-state index is 0.0168. The van der Waals surface area contributed by atoms with Crippen molar-refractivity contribution >= 4 is 23.0 Å². The summed E-state index contributed by atoms with van der Waals surface area (Å²) in [4.78, 5) is 10.6. The molecule has 0 saturated carbocycles. The van der Waals surface area contributed by atoms with Crippen molar-refractivity contribution in [2.45, 2.75) is 19.8 Å². The summed E-state index contributed by atoms with van der Waals surface area (Å²) in [5.41, 5.74) is 0.649. The van der Waals surface area contributed by atoms with Crippen molar-refractivity contribution in [3.63, 3.8) is 0 Å². The first kappa shape index (κ1) is 14.1. The topological polar surface area (TPSA) is 64.4 Å². The second-order valence-electron chi connectivity index (χ2n) is 5.20. The number of hydrogen-bond acceptors (Lipinski definition) is 4. The number of halogens is 1. The Morgan fingerprint density at radius 1 is 1.47 bits per heavy atom. The first-order valence-electron chi connectivity index (χ1n) is 6.26. The molecule has 104 valence electrons. The molecule has 0 atom stereocenters. The number of rotatable bonds is 4. The third-order valence-electron chi connectivity index (χ3n) is 3.56. The van der Waals surface area contributed by atoms with Crippen molar-refractivity contribution in [3.05, 3.63) is 33.3 Å². The molecule has 2 rings (SSSR count). The van der Waals surface area contributed by atoms with Crippen LogP contribution in [0.15, 0.2) is 18.2 Å². The molecular formula is C13H17ClN2O3. The van der Waals surface area contributed by atoms with E-state index < -0.39 is 4.92 Å². The van der Waals surface area contributed by atoms with Crippen LogP contribution in [0.3, 0.4) is 0 Å². The highest BCUT2D eigenvalue weighted by Crippen LogP contribution is 2.33. The molecule has 1 aliphatic heterocycles. The maximum absolute atomic E-state index is 11.0. The van der Waals surface area contributed by atoms with Crippen LogP contribution >= 0.6 is 11.6 Å². The maximum atomic E-state index is 11.0. The lowest BCUT2D eigenvalue weighted by Gasteiger charge is -2.33. The predicted octanol–water partition coefficient (Wildman–Crippen LogP) is 3.48. The first-order chi connectivity index (χ1) is 9.00. The van der Waals surface area contributed by atoms with Crippen LogP contribution in [0.1, 0.15) is 19.8 Å². The van der Waals surface area contributed by atoms with Gasteiger partial charge in [-0.1, -0.05) is 18.5 Å². The molecule has 19 heavy (non-hydrogen) atoms. The van der Waals surface area contributed by atoms with Gasteiger partial charge in [0.2, 0.25) is 0 Å². The molecular weight excluding hydrogens is 268 g/mol. The monoisotopic (exact) mass is 284 g/mol. The molecule has 5 nitrogen and oxygen atoms in total. The molecule has 0 aromatic heterocycles. The summed E-state index contributed by atoms with van der Waals surface area (Å²) in [6.07, 6.45) is 1.92. The fraction of sp³-hybridized carbons (Fsp3) is 0.538. The molecule has 1 fully saturated rings. The zero-order chi connectivity index (χ0) is 13.9. The number of hydrogen-bond donors (Lipinski definition) is 1. The Morgan fingerprint density at radius 2 is 2.16 bits per heavy atom. The second kappa shape index (κ2) is 5.75. The molecule has 1 heterocycles. The number of benzene rings is 1. The number of nitro groups is 1. The third-order valence-corrected chi connectivity index (χ3v) is 3.80. The molecule has 1 aromatic rings. The van der Waals surface area contributed by atoms with E-state index in [1.54, 1.807) is 12.1 Å². The van der Waals surface area contributed by atoms with E-state index in [4.69, 9.17) is 16.3 Å². The van der Waals surface area contributed by atoms with Gasteiger partial charge in [0.1, 0.15) is 5.69 Å². The highest BCUT2D eigenvalue weighted by Gasteiger charge is 2.28. The van der Waals surface area contributed by atoms with Crippen LogP contribution in [-0.2, 0) is 4.74 Å². The van der Waals surface area contributed by atoms with Crippen molar-refractivity contribution in [1.82, 2.24) is 0 Å². The molecule has 1 aliphatic rings. The van der Waals surface area contributed by atoms with Crippen LogP contribution in [0, 0.1) is 15.5 Å². The second-order valence-corrected chi connectivity index (χ2v) is 5.63. The van der Waals surface area contributed by atoms with E-state index in [1.807, 2.05) is 0 Å². The molecule has 1 saturated heterocycles. The summed E-state index contributed by atoms with van der Waals surface area (Å²) in [7, 11) is 0. The molecule has 0 spiro atoms. The highest BCUT2D eigenvalue weighted by atomic mass is 35.5. The summed E-state index contributed by atoms with van der Waals surface area (Å²) >= 11 is 5.79. The van der Waals surface area contributed by atoms with E-state index in [9.17, 15) is 10.1 Å². The number of nitro benzene ring substituents is 1. The van der Waals surface area contributed by atoms with E-state index in [0.717, 1.165) is 26.1 Å². The SMILES string of the molecule is CC1(CNc2ccc(Cl)cc2[N+](=O)[O-])CCOCC1. The highest BCUT2D eigenvalue weighted by molar-refractivity contribution is 6.30. The van der Waals surface area contributed by atoms with Gasteiger partial charge in [0.15, 0.2) is 0 Å². The van der Waals surface area contributed by atoms with Gasteiger partial charge in [0, 0.05) is 30.8 Å². The molecule has 0 unspecified atom stereocenters. The lowest BCUT2D eigenvalue weighted by Crippen LogP contribution is -2.33. The Bertz CT molecular complexity index is 473. The number of nitrogens with zero attached hydrogens (tertiary/aromatic N) is 1. The normalized spacial score (nSPS) is 18.0. The number of ether oxygens (including phenoxy) is 1. The Balaban J connectivity index is 2.08. The van der Waals surface area contributed by atoms with E-state index in [0.29, 0.717) is 17.3 Å². The van der Waals surface area contributed by atoms with Crippen LogP contribution in [0.5, 0.6) is 0 Å². The molecule has 0 bridgehead atoms. The van der Waals surface area contributed by atoms with E-state index in [2.05, 4.69) is 12.2 Å². The summed E-state index contributed by atoms with van der Waals surface area (Å²) in [6.45, 7) is 4.37. The van der Waals surface area contributed by atoms with Crippen molar-refractivity contribution in [2.75, 3.05) is 25.1 Å². The fourth-order valence-corrected chi connectivity index (χ4v) is 2.32. The van der Waals surface area contributed by atoms with Crippen molar-refractivity contribution in [2.24, 2.45) is 5.41 Å². The summed E-state index contributed by atoms with van der Waals surface area (Å²) in [6, 6.07) is 4.68. The lowest BCUT2D eigenvalue weighted by atomic mass is 9.82. The minimum atomic E-state index is -0.416. The van der Waals surface area contributed by atoms with Gasteiger partial charge in [0.05, 0.1) is 4.92 Å². The van der Waals surface area contributed by atoms with Crippen molar-refractivity contribution in [3.8, 4) is 0 Å². The lowest BCUT2D eigenvalue weighted by molar-refractivity contribution is -0.383. The predicted molar refractivity (Wildman–Crippen MR) is 74.8 cm³/mol. The van der Waals surface area contributed by atoms with Crippen molar-refractivity contribution < 1.29 is 9.66 Å². The van der Waals surface area contributed by atoms with Crippen LogP contribution in [0.25, 0.3) is 0 Å². The Hall–Kier alpha value is -1.33. The minimum Gasteiger partial charge on any atom is -0.381 e. The smallest absolute Gasteiger partial charge is 0.293 e. The molecule has 1 N–H and O–H groups in total. The average molecular weight is 285 g/mol. The summed E-state index contributed by atoms with van der Waals surface area (Å²) in [5, 5.41) is 14.5. The fourth-order valence-electron chi connectivity index (χ4n) is 2.15. The van der Waals surface area contributed by atoms with Gasteiger partial charge in [-0.05, 0) is 30.4 Å². The Morgan fingerprint density at radius 3 is 2.79 bits per heavy atom. The molecule has 0 amide bonds. The van der Waals surface area contributed by atoms with Crippen LogP contribution in [0.4, 0.5) is 11.4 Å². The van der Waals surface area contributed by atoms with Gasteiger partial charge in [-0.2, -0.15) is 0 Å². The van der Waals surface area contributed by atoms with Gasteiger partial charge < -0.3 is 10.1 Å². The van der Waals surface area contributed by atoms with Gasteiger partial charge in [0.25, 0.3) is 5.69 Å². The Kier molecular flexibility index (Phi) is 4.27. The van der Waals surface area contributed by atoms with Crippen LogP contribution < -0.4 is 5.32 Å². The molecule has 0 radical (unpaired) electrons. The van der Waals surface area contributed by atoms with Gasteiger partial charge >= 0.3 is 0 Å². The summed E-state index contributed by atoms with van der Waals surface area (Å²) < 4.78 is 5.34. The largest absolute Gasteiger partial charge is 0.381 e. The van der Waals surface area contributed by atoms with E-state index in [1.165, 1.54) is 6.07 Å². The molecule has 0 aliphatic carbocycles. The average Bonchev–Trinajstić information content (AvgIpc) is 2.38.